The fourth-order valence-corrected chi connectivity index (χ4v) is 2.29. The number of rotatable bonds is 5. The molecular formula is C10H13NO4S. The molecule has 0 aromatic heterocycles. The van der Waals surface area contributed by atoms with E-state index in [0.717, 1.165) is 0 Å². The number of methoxy groups -OCH3 is 1. The third-order valence-electron chi connectivity index (χ3n) is 2.27. The summed E-state index contributed by atoms with van der Waals surface area (Å²) in [5.74, 6) is 0.629. The first kappa shape index (κ1) is 11.4. The summed E-state index contributed by atoms with van der Waals surface area (Å²) in [5, 5.41) is 0. The maximum atomic E-state index is 11.8. The van der Waals surface area contributed by atoms with Crippen LogP contribution >= 0.6 is 0 Å². The summed E-state index contributed by atoms with van der Waals surface area (Å²) in [7, 11) is -1.89. The second-order valence-corrected chi connectivity index (χ2v) is 5.25. The maximum absolute atomic E-state index is 11.8. The topological polar surface area (TPSA) is 67.9 Å². The Bertz CT molecular complexity index is 450. The van der Waals surface area contributed by atoms with Crippen LogP contribution in [0.25, 0.3) is 0 Å². The molecule has 88 valence electrons. The van der Waals surface area contributed by atoms with Crippen molar-refractivity contribution in [3.8, 4) is 5.75 Å². The third-order valence-corrected chi connectivity index (χ3v) is 3.71. The molecule has 0 bridgehead atoms. The van der Waals surface area contributed by atoms with Gasteiger partial charge in [-0.25, -0.2) is 13.1 Å². The van der Waals surface area contributed by atoms with Crippen LogP contribution in [0.1, 0.15) is 0 Å². The predicted octanol–water partition coefficient (Wildman–Crippen LogP) is 0.372. The highest BCUT2D eigenvalue weighted by Crippen LogP contribution is 2.16. The van der Waals surface area contributed by atoms with E-state index in [1.165, 1.54) is 19.2 Å². The summed E-state index contributed by atoms with van der Waals surface area (Å²) in [6.07, 6.45) is 0.0352. The summed E-state index contributed by atoms with van der Waals surface area (Å²) in [4.78, 5) is 0.231. The molecule has 1 aromatic rings. The number of epoxide rings is 1. The Morgan fingerprint density at radius 1 is 1.44 bits per heavy atom. The predicted molar refractivity (Wildman–Crippen MR) is 57.9 cm³/mol. The van der Waals surface area contributed by atoms with Crippen LogP contribution < -0.4 is 9.46 Å². The van der Waals surface area contributed by atoms with Gasteiger partial charge in [-0.15, -0.1) is 0 Å². The van der Waals surface area contributed by atoms with Crippen molar-refractivity contribution in [1.29, 1.82) is 0 Å². The lowest BCUT2D eigenvalue weighted by Gasteiger charge is -2.06. The normalized spacial score (nSPS) is 19.4. The Hall–Kier alpha value is -1.11. The summed E-state index contributed by atoms with van der Waals surface area (Å²) in [6.45, 7) is 0.958. The Labute approximate surface area is 94.4 Å². The molecule has 1 aromatic carbocycles. The highest BCUT2D eigenvalue weighted by atomic mass is 32.2. The summed E-state index contributed by atoms with van der Waals surface area (Å²) in [6, 6.07) is 6.24. The zero-order valence-corrected chi connectivity index (χ0v) is 9.66. The minimum atomic E-state index is -3.43. The van der Waals surface area contributed by atoms with Gasteiger partial charge in [0.25, 0.3) is 0 Å². The molecule has 0 aliphatic carbocycles. The number of hydrogen-bond donors (Lipinski definition) is 1. The summed E-state index contributed by atoms with van der Waals surface area (Å²) < 4.78 is 35.9. The average Bonchev–Trinajstić information content (AvgIpc) is 3.10. The van der Waals surface area contributed by atoms with Crippen molar-refractivity contribution in [3.05, 3.63) is 24.3 Å². The molecule has 0 saturated carbocycles. The van der Waals surface area contributed by atoms with E-state index >= 15 is 0 Å². The molecular weight excluding hydrogens is 230 g/mol. The minimum absolute atomic E-state index is 0.0352. The number of sulfonamides is 1. The van der Waals surface area contributed by atoms with E-state index in [0.29, 0.717) is 18.9 Å². The van der Waals surface area contributed by atoms with Crippen LogP contribution in [0.3, 0.4) is 0 Å². The van der Waals surface area contributed by atoms with Gasteiger partial charge >= 0.3 is 0 Å². The quantitative estimate of drug-likeness (QED) is 0.759. The highest BCUT2D eigenvalue weighted by molar-refractivity contribution is 7.89. The fourth-order valence-electron chi connectivity index (χ4n) is 1.23. The second-order valence-electron chi connectivity index (χ2n) is 3.48. The third kappa shape index (κ3) is 2.72. The molecule has 1 aliphatic heterocycles. The van der Waals surface area contributed by atoms with Crippen molar-refractivity contribution in [2.75, 3.05) is 20.3 Å². The van der Waals surface area contributed by atoms with Crippen LogP contribution in [0.4, 0.5) is 0 Å². The first-order valence-corrected chi connectivity index (χ1v) is 6.35. The Kier molecular flexibility index (Phi) is 3.13. The van der Waals surface area contributed by atoms with Crippen molar-refractivity contribution >= 4 is 10.0 Å². The van der Waals surface area contributed by atoms with E-state index in [-0.39, 0.29) is 11.0 Å². The van der Waals surface area contributed by atoms with Gasteiger partial charge in [-0.2, -0.15) is 0 Å². The number of benzene rings is 1. The van der Waals surface area contributed by atoms with Gasteiger partial charge in [0.15, 0.2) is 0 Å². The Morgan fingerprint density at radius 3 is 2.56 bits per heavy atom. The lowest BCUT2D eigenvalue weighted by Crippen LogP contribution is -2.27. The van der Waals surface area contributed by atoms with Crippen molar-refractivity contribution in [1.82, 2.24) is 4.72 Å². The first-order chi connectivity index (χ1) is 7.62. The zero-order chi connectivity index (χ0) is 11.6. The van der Waals surface area contributed by atoms with E-state index in [9.17, 15) is 8.42 Å². The maximum Gasteiger partial charge on any atom is 0.240 e. The van der Waals surface area contributed by atoms with E-state index in [2.05, 4.69) is 4.72 Å². The molecule has 0 amide bonds. The van der Waals surface area contributed by atoms with Gasteiger partial charge in [-0.3, -0.25) is 0 Å². The molecule has 1 heterocycles. The zero-order valence-electron chi connectivity index (χ0n) is 8.84. The standard InChI is InChI=1S/C10H13NO4S/c1-14-8-2-4-10(5-3-8)16(12,13)11-6-9-7-15-9/h2-5,9,11H,6-7H2,1H3/t9-/m0/s1. The average molecular weight is 243 g/mol. The van der Waals surface area contributed by atoms with Crippen LogP contribution in [0, 0.1) is 0 Å². The van der Waals surface area contributed by atoms with Gasteiger partial charge in [0.05, 0.1) is 24.7 Å². The monoisotopic (exact) mass is 243 g/mol. The highest BCUT2D eigenvalue weighted by Gasteiger charge is 2.25. The number of nitrogens with one attached hydrogen (secondary N) is 1. The Morgan fingerprint density at radius 2 is 2.06 bits per heavy atom. The van der Waals surface area contributed by atoms with Gasteiger partial charge < -0.3 is 9.47 Å². The van der Waals surface area contributed by atoms with Crippen LogP contribution in [-0.4, -0.2) is 34.8 Å². The van der Waals surface area contributed by atoms with Crippen LogP contribution in [-0.2, 0) is 14.8 Å². The van der Waals surface area contributed by atoms with E-state index < -0.39 is 10.0 Å². The van der Waals surface area contributed by atoms with Gasteiger partial charge in [-0.05, 0) is 24.3 Å². The van der Waals surface area contributed by atoms with E-state index in [4.69, 9.17) is 9.47 Å². The lowest BCUT2D eigenvalue weighted by molar-refractivity contribution is 0.406. The van der Waals surface area contributed by atoms with Crippen LogP contribution in [0.2, 0.25) is 0 Å². The van der Waals surface area contributed by atoms with Gasteiger partial charge in [0.1, 0.15) is 5.75 Å². The Balaban J connectivity index is 2.07. The molecule has 1 aliphatic rings. The molecule has 1 N–H and O–H groups in total. The number of hydrogen-bond acceptors (Lipinski definition) is 4. The minimum Gasteiger partial charge on any atom is -0.497 e. The largest absolute Gasteiger partial charge is 0.497 e. The molecule has 5 nitrogen and oxygen atoms in total. The molecule has 1 saturated heterocycles. The molecule has 6 heteroatoms. The van der Waals surface area contributed by atoms with E-state index in [1.54, 1.807) is 12.1 Å². The summed E-state index contributed by atoms with van der Waals surface area (Å²) in [5.41, 5.74) is 0. The van der Waals surface area contributed by atoms with Gasteiger partial charge in [0.2, 0.25) is 10.0 Å². The molecule has 0 unspecified atom stereocenters. The van der Waals surface area contributed by atoms with Crippen molar-refractivity contribution in [2.45, 2.75) is 11.0 Å². The second kappa shape index (κ2) is 4.40. The summed E-state index contributed by atoms with van der Waals surface area (Å²) >= 11 is 0. The molecule has 0 radical (unpaired) electrons. The van der Waals surface area contributed by atoms with Gasteiger partial charge in [0, 0.05) is 6.54 Å². The molecule has 0 spiro atoms. The lowest BCUT2D eigenvalue weighted by atomic mass is 10.3. The first-order valence-electron chi connectivity index (χ1n) is 4.87. The van der Waals surface area contributed by atoms with Gasteiger partial charge in [-0.1, -0.05) is 0 Å². The smallest absolute Gasteiger partial charge is 0.240 e. The molecule has 2 rings (SSSR count). The van der Waals surface area contributed by atoms with Crippen molar-refractivity contribution in [2.24, 2.45) is 0 Å². The van der Waals surface area contributed by atoms with Crippen molar-refractivity contribution in [3.63, 3.8) is 0 Å². The molecule has 16 heavy (non-hydrogen) atoms. The number of ether oxygens (including phenoxy) is 2. The van der Waals surface area contributed by atoms with E-state index in [1.807, 2.05) is 0 Å². The SMILES string of the molecule is COc1ccc(S(=O)(=O)NC[C@H]2CO2)cc1. The molecule has 1 fully saturated rings. The molecule has 1 atom stereocenters. The fraction of sp³-hybridized carbons (Fsp3) is 0.400. The van der Waals surface area contributed by atoms with Crippen LogP contribution in [0.15, 0.2) is 29.2 Å². The van der Waals surface area contributed by atoms with Crippen molar-refractivity contribution < 1.29 is 17.9 Å². The van der Waals surface area contributed by atoms with Crippen LogP contribution in [0.5, 0.6) is 5.75 Å².